The van der Waals surface area contributed by atoms with Crippen LogP contribution in [0.4, 0.5) is 0 Å². The molecule has 7 nitrogen and oxygen atoms in total. The molecule has 1 aromatic heterocycles. The summed E-state index contributed by atoms with van der Waals surface area (Å²) in [6.45, 7) is 1.75. The molecule has 0 fully saturated rings. The molecule has 0 aliphatic carbocycles. The van der Waals surface area contributed by atoms with E-state index in [0.717, 1.165) is 47.7 Å². The fraction of sp³-hybridized carbons (Fsp3) is 0.259. The van der Waals surface area contributed by atoms with Crippen LogP contribution in [-0.4, -0.2) is 36.3 Å². The zero-order chi connectivity index (χ0) is 23.8. The number of amides is 1. The minimum absolute atomic E-state index is 0.145. The van der Waals surface area contributed by atoms with Crippen LogP contribution in [0.3, 0.4) is 0 Å². The molecular formula is C27H29N3O4. The largest absolute Gasteiger partial charge is 0.497 e. The SMILES string of the molecule is COc1ccc(C(=O)NCc2nc3ccccc3n2CCCCOc2cccc(OC)c2)cc1. The maximum atomic E-state index is 12.6. The maximum Gasteiger partial charge on any atom is 0.251 e. The van der Waals surface area contributed by atoms with Gasteiger partial charge in [0, 0.05) is 18.2 Å². The first kappa shape index (κ1) is 23.2. The lowest BCUT2D eigenvalue weighted by Gasteiger charge is -2.11. The van der Waals surface area contributed by atoms with Crippen molar-refractivity contribution in [1.29, 1.82) is 0 Å². The van der Waals surface area contributed by atoms with Crippen LogP contribution in [0.15, 0.2) is 72.8 Å². The second kappa shape index (κ2) is 11.2. The Hall–Kier alpha value is -4.00. The van der Waals surface area contributed by atoms with Gasteiger partial charge < -0.3 is 24.1 Å². The summed E-state index contributed by atoms with van der Waals surface area (Å²) in [7, 11) is 3.25. The van der Waals surface area contributed by atoms with Crippen molar-refractivity contribution in [2.45, 2.75) is 25.9 Å². The summed E-state index contributed by atoms with van der Waals surface area (Å²) in [6.07, 6.45) is 1.81. The number of carbonyl (C=O) groups is 1. The Kier molecular flexibility index (Phi) is 7.65. The molecule has 0 spiro atoms. The highest BCUT2D eigenvalue weighted by Gasteiger charge is 2.12. The van der Waals surface area contributed by atoms with Gasteiger partial charge in [-0.1, -0.05) is 18.2 Å². The second-order valence-electron chi connectivity index (χ2n) is 7.81. The molecule has 7 heteroatoms. The van der Waals surface area contributed by atoms with Gasteiger partial charge in [-0.2, -0.15) is 0 Å². The lowest BCUT2D eigenvalue weighted by atomic mass is 10.2. The number of hydrogen-bond donors (Lipinski definition) is 1. The molecule has 0 aliphatic rings. The molecule has 0 aliphatic heterocycles. The molecule has 0 saturated heterocycles. The predicted octanol–water partition coefficient (Wildman–Crippen LogP) is 4.84. The molecule has 4 rings (SSSR count). The molecule has 0 bridgehead atoms. The van der Waals surface area contributed by atoms with Crippen molar-refractivity contribution in [2.75, 3.05) is 20.8 Å². The number of nitrogens with zero attached hydrogens (tertiary/aromatic N) is 2. The van der Waals surface area contributed by atoms with Crippen LogP contribution in [0.2, 0.25) is 0 Å². The number of fused-ring (bicyclic) bond motifs is 1. The van der Waals surface area contributed by atoms with Crippen LogP contribution in [0.25, 0.3) is 11.0 Å². The smallest absolute Gasteiger partial charge is 0.251 e. The highest BCUT2D eigenvalue weighted by molar-refractivity contribution is 5.94. The Balaban J connectivity index is 1.36. The van der Waals surface area contributed by atoms with Gasteiger partial charge in [0.05, 0.1) is 38.4 Å². The van der Waals surface area contributed by atoms with E-state index < -0.39 is 0 Å². The molecule has 0 atom stereocenters. The molecular weight excluding hydrogens is 430 g/mol. The van der Waals surface area contributed by atoms with Gasteiger partial charge in [-0.05, 0) is 61.4 Å². The predicted molar refractivity (Wildman–Crippen MR) is 132 cm³/mol. The average Bonchev–Trinajstić information content (AvgIpc) is 3.24. The van der Waals surface area contributed by atoms with Gasteiger partial charge in [-0.15, -0.1) is 0 Å². The third-order valence-electron chi connectivity index (χ3n) is 5.58. The number of ether oxygens (including phenoxy) is 3. The van der Waals surface area contributed by atoms with Gasteiger partial charge >= 0.3 is 0 Å². The van der Waals surface area contributed by atoms with Crippen LogP contribution in [-0.2, 0) is 13.1 Å². The second-order valence-corrected chi connectivity index (χ2v) is 7.81. The summed E-state index contributed by atoms with van der Waals surface area (Å²) in [4.78, 5) is 17.4. The Bertz CT molecular complexity index is 1230. The number of aryl methyl sites for hydroxylation is 1. The summed E-state index contributed by atoms with van der Waals surface area (Å²) in [5.74, 6) is 2.98. The first-order valence-electron chi connectivity index (χ1n) is 11.3. The Morgan fingerprint density at radius 3 is 2.44 bits per heavy atom. The molecule has 0 saturated carbocycles. The summed E-state index contributed by atoms with van der Waals surface area (Å²) in [5.41, 5.74) is 2.56. The highest BCUT2D eigenvalue weighted by Crippen LogP contribution is 2.20. The number of nitrogens with one attached hydrogen (secondary N) is 1. The average molecular weight is 460 g/mol. The fourth-order valence-electron chi connectivity index (χ4n) is 3.77. The van der Waals surface area contributed by atoms with Crippen molar-refractivity contribution in [1.82, 2.24) is 14.9 Å². The first-order chi connectivity index (χ1) is 16.7. The number of hydrogen-bond acceptors (Lipinski definition) is 5. The van der Waals surface area contributed by atoms with E-state index in [1.807, 2.05) is 42.5 Å². The van der Waals surface area contributed by atoms with Crippen molar-refractivity contribution < 1.29 is 19.0 Å². The van der Waals surface area contributed by atoms with Crippen LogP contribution in [0, 0.1) is 0 Å². The van der Waals surface area contributed by atoms with Gasteiger partial charge in [0.1, 0.15) is 23.1 Å². The first-order valence-corrected chi connectivity index (χ1v) is 11.3. The molecule has 1 heterocycles. The van der Waals surface area contributed by atoms with Crippen LogP contribution < -0.4 is 19.5 Å². The van der Waals surface area contributed by atoms with Crippen LogP contribution >= 0.6 is 0 Å². The minimum atomic E-state index is -0.145. The van der Waals surface area contributed by atoms with Crippen molar-refractivity contribution in [3.8, 4) is 17.2 Å². The number of aromatic nitrogens is 2. The number of methoxy groups -OCH3 is 2. The van der Waals surface area contributed by atoms with E-state index >= 15 is 0 Å². The van der Waals surface area contributed by atoms with Crippen LogP contribution in [0.1, 0.15) is 29.0 Å². The number of unbranched alkanes of at least 4 members (excludes halogenated alkanes) is 1. The van der Waals surface area contributed by atoms with Crippen molar-refractivity contribution in [3.05, 3.63) is 84.2 Å². The molecule has 0 unspecified atom stereocenters. The third-order valence-corrected chi connectivity index (χ3v) is 5.58. The molecule has 1 N–H and O–H groups in total. The normalized spacial score (nSPS) is 10.8. The van der Waals surface area contributed by atoms with E-state index in [9.17, 15) is 4.79 Å². The summed E-state index contributed by atoms with van der Waals surface area (Å²) in [5, 5.41) is 2.99. The van der Waals surface area contributed by atoms with Crippen molar-refractivity contribution in [2.24, 2.45) is 0 Å². The van der Waals surface area contributed by atoms with Gasteiger partial charge in [0.15, 0.2) is 0 Å². The zero-order valence-electron chi connectivity index (χ0n) is 19.5. The van der Waals surface area contributed by atoms with Crippen molar-refractivity contribution >= 4 is 16.9 Å². The molecule has 1 amide bonds. The zero-order valence-corrected chi connectivity index (χ0v) is 19.5. The lowest BCUT2D eigenvalue weighted by molar-refractivity contribution is 0.0949. The summed E-state index contributed by atoms with van der Waals surface area (Å²) < 4.78 is 18.4. The highest BCUT2D eigenvalue weighted by atomic mass is 16.5. The Morgan fingerprint density at radius 2 is 1.65 bits per heavy atom. The molecule has 4 aromatic rings. The molecule has 3 aromatic carbocycles. The standard InChI is InChI=1S/C27H29N3O4/c1-32-21-14-12-20(13-15-21)27(31)28-19-26-29-24-10-3-4-11-25(24)30(26)16-5-6-17-34-23-9-7-8-22(18-23)33-2/h3-4,7-15,18H,5-6,16-17,19H2,1-2H3,(H,28,31). The Morgan fingerprint density at radius 1 is 0.882 bits per heavy atom. The van der Waals surface area contributed by atoms with Crippen LogP contribution in [0.5, 0.6) is 17.2 Å². The summed E-state index contributed by atoms with van der Waals surface area (Å²) >= 11 is 0. The van der Waals surface area contributed by atoms with Gasteiger partial charge in [0.2, 0.25) is 0 Å². The van der Waals surface area contributed by atoms with E-state index in [4.69, 9.17) is 19.2 Å². The lowest BCUT2D eigenvalue weighted by Crippen LogP contribution is -2.24. The van der Waals surface area contributed by atoms with E-state index in [1.54, 1.807) is 38.5 Å². The molecule has 0 radical (unpaired) electrons. The van der Waals surface area contributed by atoms with Crippen molar-refractivity contribution in [3.63, 3.8) is 0 Å². The maximum absolute atomic E-state index is 12.6. The number of carbonyl (C=O) groups excluding carboxylic acids is 1. The van der Waals surface area contributed by atoms with Gasteiger partial charge in [0.25, 0.3) is 5.91 Å². The topological polar surface area (TPSA) is 74.6 Å². The van der Waals surface area contributed by atoms with Gasteiger partial charge in [-0.25, -0.2) is 4.98 Å². The van der Waals surface area contributed by atoms with Gasteiger partial charge in [-0.3, -0.25) is 4.79 Å². The monoisotopic (exact) mass is 459 g/mol. The third kappa shape index (κ3) is 5.67. The number of benzene rings is 3. The quantitative estimate of drug-likeness (QED) is 0.325. The number of rotatable bonds is 11. The van der Waals surface area contributed by atoms with E-state index in [0.29, 0.717) is 24.5 Å². The minimum Gasteiger partial charge on any atom is -0.497 e. The number of imidazole rings is 1. The van der Waals surface area contributed by atoms with E-state index in [1.165, 1.54) is 0 Å². The summed E-state index contributed by atoms with van der Waals surface area (Å²) in [6, 6.07) is 22.7. The molecule has 34 heavy (non-hydrogen) atoms. The Labute approximate surface area is 199 Å². The number of para-hydroxylation sites is 2. The van der Waals surface area contributed by atoms with E-state index in [-0.39, 0.29) is 5.91 Å². The molecule has 176 valence electrons. The fourth-order valence-corrected chi connectivity index (χ4v) is 3.77. The van der Waals surface area contributed by atoms with E-state index in [2.05, 4.69) is 16.0 Å².